The minimum absolute atomic E-state index is 0.424. The summed E-state index contributed by atoms with van der Waals surface area (Å²) in [6.07, 6.45) is 5.07. The van der Waals surface area contributed by atoms with Crippen molar-refractivity contribution in [1.82, 2.24) is 9.80 Å². The zero-order valence-corrected chi connectivity index (χ0v) is 13.4. The molecule has 3 heteroatoms. The van der Waals surface area contributed by atoms with Crippen LogP contribution in [0.25, 0.3) is 0 Å². The summed E-state index contributed by atoms with van der Waals surface area (Å²) in [6.45, 7) is 12.0. The van der Waals surface area contributed by atoms with Crippen molar-refractivity contribution in [2.75, 3.05) is 33.2 Å². The van der Waals surface area contributed by atoms with Crippen molar-refractivity contribution in [3.8, 4) is 0 Å². The van der Waals surface area contributed by atoms with Crippen LogP contribution in [-0.2, 0) is 0 Å². The zero-order chi connectivity index (χ0) is 14.0. The smallest absolute Gasteiger partial charge is 0.0218 e. The van der Waals surface area contributed by atoms with E-state index in [1.54, 1.807) is 0 Å². The van der Waals surface area contributed by atoms with Crippen molar-refractivity contribution in [3.05, 3.63) is 0 Å². The fourth-order valence-electron chi connectivity index (χ4n) is 3.90. The van der Waals surface area contributed by atoms with E-state index in [9.17, 15) is 0 Å². The summed E-state index contributed by atoms with van der Waals surface area (Å²) in [6, 6.07) is 1.16. The maximum absolute atomic E-state index is 6.37. The first-order chi connectivity index (χ1) is 8.91. The summed E-state index contributed by atoms with van der Waals surface area (Å²) < 4.78 is 0. The summed E-state index contributed by atoms with van der Waals surface area (Å²) in [5, 5.41) is 0. The maximum Gasteiger partial charge on any atom is 0.0218 e. The first-order valence-electron chi connectivity index (χ1n) is 8.09. The molecule has 0 bridgehead atoms. The predicted molar refractivity (Wildman–Crippen MR) is 82.2 cm³/mol. The molecule has 3 nitrogen and oxygen atoms in total. The standard InChI is InChI=1S/C16H33N3/c1-5-14-12-19(9-8-18(14)4)11-13-10-16(2,3)7-6-15(13)17/h13-15H,5-12,17H2,1-4H3. The van der Waals surface area contributed by atoms with Gasteiger partial charge in [0.25, 0.3) is 0 Å². The van der Waals surface area contributed by atoms with Gasteiger partial charge in [0.1, 0.15) is 0 Å². The Kier molecular flexibility index (Phi) is 4.91. The van der Waals surface area contributed by atoms with Crippen LogP contribution in [0.4, 0.5) is 0 Å². The van der Waals surface area contributed by atoms with E-state index in [4.69, 9.17) is 5.73 Å². The highest BCUT2D eigenvalue weighted by molar-refractivity contribution is 4.90. The van der Waals surface area contributed by atoms with Crippen LogP contribution < -0.4 is 5.73 Å². The van der Waals surface area contributed by atoms with Crippen LogP contribution in [0.15, 0.2) is 0 Å². The van der Waals surface area contributed by atoms with Gasteiger partial charge in [0.2, 0.25) is 0 Å². The number of nitrogens with zero attached hydrogens (tertiary/aromatic N) is 2. The lowest BCUT2D eigenvalue weighted by atomic mass is 9.70. The molecule has 0 aromatic rings. The van der Waals surface area contributed by atoms with E-state index in [2.05, 4.69) is 37.6 Å². The highest BCUT2D eigenvalue weighted by atomic mass is 15.3. The average molecular weight is 267 g/mol. The number of hydrogen-bond acceptors (Lipinski definition) is 3. The third-order valence-corrected chi connectivity index (χ3v) is 5.40. The third-order valence-electron chi connectivity index (χ3n) is 5.40. The molecule has 2 rings (SSSR count). The SMILES string of the molecule is CCC1CN(CC2CC(C)(C)CCC2N)CCN1C. The lowest BCUT2D eigenvalue weighted by Gasteiger charge is -2.44. The van der Waals surface area contributed by atoms with Gasteiger partial charge in [-0.3, -0.25) is 0 Å². The van der Waals surface area contributed by atoms with Gasteiger partial charge in [0, 0.05) is 38.3 Å². The highest BCUT2D eigenvalue weighted by Gasteiger charge is 2.35. The highest BCUT2D eigenvalue weighted by Crippen LogP contribution is 2.38. The van der Waals surface area contributed by atoms with Crippen LogP contribution in [0.2, 0.25) is 0 Å². The molecule has 2 fully saturated rings. The lowest BCUT2D eigenvalue weighted by molar-refractivity contribution is 0.0563. The van der Waals surface area contributed by atoms with Gasteiger partial charge in [-0.05, 0) is 44.1 Å². The van der Waals surface area contributed by atoms with Crippen LogP contribution in [0.3, 0.4) is 0 Å². The molecule has 0 spiro atoms. The van der Waals surface area contributed by atoms with Crippen molar-refractivity contribution in [2.24, 2.45) is 17.1 Å². The summed E-state index contributed by atoms with van der Waals surface area (Å²) in [4.78, 5) is 5.18. The molecular formula is C16H33N3. The van der Waals surface area contributed by atoms with Gasteiger partial charge in [0.15, 0.2) is 0 Å². The van der Waals surface area contributed by atoms with Gasteiger partial charge in [-0.1, -0.05) is 20.8 Å². The van der Waals surface area contributed by atoms with Gasteiger partial charge < -0.3 is 15.5 Å². The molecule has 1 aliphatic heterocycles. The van der Waals surface area contributed by atoms with Crippen molar-refractivity contribution < 1.29 is 0 Å². The summed E-state index contributed by atoms with van der Waals surface area (Å²) in [5.74, 6) is 0.699. The molecule has 0 radical (unpaired) electrons. The Bertz CT molecular complexity index is 290. The molecule has 112 valence electrons. The molecular weight excluding hydrogens is 234 g/mol. The molecule has 0 aromatic carbocycles. The van der Waals surface area contributed by atoms with Gasteiger partial charge in [0.05, 0.1) is 0 Å². The Hall–Kier alpha value is -0.120. The average Bonchev–Trinajstić information content (AvgIpc) is 2.36. The molecule has 1 saturated heterocycles. The van der Waals surface area contributed by atoms with E-state index in [0.717, 1.165) is 6.04 Å². The number of rotatable bonds is 3. The molecule has 1 saturated carbocycles. The van der Waals surface area contributed by atoms with Gasteiger partial charge in [-0.2, -0.15) is 0 Å². The molecule has 3 unspecified atom stereocenters. The Balaban J connectivity index is 1.89. The second-order valence-electron chi connectivity index (χ2n) is 7.63. The van der Waals surface area contributed by atoms with Crippen molar-refractivity contribution >= 4 is 0 Å². The zero-order valence-electron chi connectivity index (χ0n) is 13.4. The lowest BCUT2D eigenvalue weighted by Crippen LogP contribution is -2.54. The van der Waals surface area contributed by atoms with E-state index < -0.39 is 0 Å². The Morgan fingerprint density at radius 1 is 1.26 bits per heavy atom. The van der Waals surface area contributed by atoms with Crippen molar-refractivity contribution in [3.63, 3.8) is 0 Å². The minimum Gasteiger partial charge on any atom is -0.327 e. The second-order valence-corrected chi connectivity index (χ2v) is 7.63. The number of nitrogens with two attached hydrogens (primary N) is 1. The molecule has 0 aromatic heterocycles. The quantitative estimate of drug-likeness (QED) is 0.850. The molecule has 1 heterocycles. The monoisotopic (exact) mass is 267 g/mol. The Labute approximate surface area is 119 Å². The molecule has 0 amide bonds. The second kappa shape index (κ2) is 6.11. The van der Waals surface area contributed by atoms with Crippen LogP contribution in [-0.4, -0.2) is 55.1 Å². The van der Waals surface area contributed by atoms with E-state index in [1.807, 2.05) is 0 Å². The predicted octanol–water partition coefficient (Wildman–Crippen LogP) is 2.17. The molecule has 19 heavy (non-hydrogen) atoms. The van der Waals surface area contributed by atoms with Crippen LogP contribution >= 0.6 is 0 Å². The number of piperazine rings is 1. The number of likely N-dealkylation sites (N-methyl/N-ethyl adjacent to an activating group) is 1. The Morgan fingerprint density at radius 3 is 2.68 bits per heavy atom. The minimum atomic E-state index is 0.424. The molecule has 2 N–H and O–H groups in total. The fraction of sp³-hybridized carbons (Fsp3) is 1.00. The van der Waals surface area contributed by atoms with E-state index in [-0.39, 0.29) is 0 Å². The van der Waals surface area contributed by atoms with E-state index in [1.165, 1.54) is 51.9 Å². The van der Waals surface area contributed by atoms with Crippen molar-refractivity contribution in [1.29, 1.82) is 0 Å². The normalized spacial score (nSPS) is 37.4. The van der Waals surface area contributed by atoms with Gasteiger partial charge >= 0.3 is 0 Å². The Morgan fingerprint density at radius 2 is 2.00 bits per heavy atom. The summed E-state index contributed by atoms with van der Waals surface area (Å²) in [7, 11) is 2.26. The van der Waals surface area contributed by atoms with Crippen molar-refractivity contribution in [2.45, 2.75) is 58.5 Å². The first-order valence-corrected chi connectivity index (χ1v) is 8.09. The summed E-state index contributed by atoms with van der Waals surface area (Å²) >= 11 is 0. The third kappa shape index (κ3) is 3.93. The van der Waals surface area contributed by atoms with Gasteiger partial charge in [-0.25, -0.2) is 0 Å². The maximum atomic E-state index is 6.37. The van der Waals surface area contributed by atoms with E-state index >= 15 is 0 Å². The van der Waals surface area contributed by atoms with Crippen LogP contribution in [0.5, 0.6) is 0 Å². The van der Waals surface area contributed by atoms with Crippen LogP contribution in [0, 0.1) is 11.3 Å². The van der Waals surface area contributed by atoms with Crippen LogP contribution in [0.1, 0.15) is 46.5 Å². The number of hydrogen-bond donors (Lipinski definition) is 1. The van der Waals surface area contributed by atoms with Gasteiger partial charge in [-0.15, -0.1) is 0 Å². The fourth-order valence-corrected chi connectivity index (χ4v) is 3.90. The molecule has 1 aliphatic carbocycles. The molecule has 3 atom stereocenters. The first kappa shape index (κ1) is 15.3. The largest absolute Gasteiger partial charge is 0.327 e. The summed E-state index contributed by atoms with van der Waals surface area (Å²) in [5.41, 5.74) is 6.87. The molecule has 2 aliphatic rings. The topological polar surface area (TPSA) is 32.5 Å². The van der Waals surface area contributed by atoms with E-state index in [0.29, 0.717) is 17.4 Å².